The minimum Gasteiger partial charge on any atom is -0.463 e. The molecule has 148 valence electrons. The molecule has 0 bridgehead atoms. The van der Waals surface area contributed by atoms with Crippen molar-refractivity contribution in [1.29, 1.82) is 0 Å². The number of hydrogen-bond donors (Lipinski definition) is 0. The van der Waals surface area contributed by atoms with E-state index in [1.54, 1.807) is 11.8 Å². The highest BCUT2D eigenvalue weighted by molar-refractivity contribution is 9.10. The van der Waals surface area contributed by atoms with Crippen molar-refractivity contribution in [2.75, 3.05) is 6.61 Å². The topological polar surface area (TPSA) is 41.9 Å². The first-order valence-electron chi connectivity index (χ1n) is 9.13. The predicted octanol–water partition coefficient (Wildman–Crippen LogP) is 6.51. The molecule has 0 aliphatic carbocycles. The van der Waals surface area contributed by atoms with Crippen LogP contribution in [0.25, 0.3) is 5.70 Å². The van der Waals surface area contributed by atoms with Gasteiger partial charge < -0.3 is 9.64 Å². The van der Waals surface area contributed by atoms with Crippen LogP contribution in [0.1, 0.15) is 31.0 Å². The van der Waals surface area contributed by atoms with Crippen LogP contribution < -0.4 is 0 Å². The zero-order valence-electron chi connectivity index (χ0n) is 15.9. The zero-order chi connectivity index (χ0) is 20.5. The Bertz CT molecular complexity index is 1060. The minimum absolute atomic E-state index is 0.316. The summed E-state index contributed by atoms with van der Waals surface area (Å²) < 4.78 is 7.38. The Morgan fingerprint density at radius 3 is 2.62 bits per heavy atom. The van der Waals surface area contributed by atoms with E-state index in [4.69, 9.17) is 9.73 Å². The third-order valence-electron chi connectivity index (χ3n) is 4.73. The molecule has 2 aromatic carbocycles. The van der Waals surface area contributed by atoms with E-state index in [-0.39, 0.29) is 12.0 Å². The van der Waals surface area contributed by atoms with Crippen LogP contribution in [0.5, 0.6) is 0 Å². The van der Waals surface area contributed by atoms with Crippen LogP contribution in [0.2, 0.25) is 0 Å². The Balaban J connectivity index is 1.86. The standard InChI is InChI=1S/C22H18Br2N2O2S/c1-3-28-21(27)19-13(2)25-22-26(20(19)15-5-4-6-17(24)11-15)18(12-29-22)14-7-9-16(23)10-8-14/h4-12,20H,3H2,1-2H3/t20-/m0/s1. The van der Waals surface area contributed by atoms with E-state index >= 15 is 0 Å². The minimum atomic E-state index is -0.329. The summed E-state index contributed by atoms with van der Waals surface area (Å²) in [5.74, 6) is -0.329. The molecule has 0 aromatic heterocycles. The van der Waals surface area contributed by atoms with Crippen molar-refractivity contribution in [1.82, 2.24) is 4.90 Å². The molecule has 7 heteroatoms. The fourth-order valence-corrected chi connectivity index (χ4v) is 5.13. The van der Waals surface area contributed by atoms with E-state index in [0.29, 0.717) is 17.9 Å². The molecule has 0 radical (unpaired) electrons. The number of amidine groups is 1. The maximum absolute atomic E-state index is 12.9. The van der Waals surface area contributed by atoms with E-state index in [1.165, 1.54) is 0 Å². The van der Waals surface area contributed by atoms with Gasteiger partial charge in [0.2, 0.25) is 0 Å². The number of allylic oxidation sites excluding steroid dienone is 1. The van der Waals surface area contributed by atoms with Gasteiger partial charge in [0.05, 0.1) is 29.6 Å². The third-order valence-corrected chi connectivity index (χ3v) is 6.59. The summed E-state index contributed by atoms with van der Waals surface area (Å²) in [6.45, 7) is 4.01. The summed E-state index contributed by atoms with van der Waals surface area (Å²) in [7, 11) is 0. The smallest absolute Gasteiger partial charge is 0.338 e. The molecule has 4 rings (SSSR count). The molecule has 29 heavy (non-hydrogen) atoms. The van der Waals surface area contributed by atoms with Crippen LogP contribution in [0.15, 0.2) is 79.1 Å². The number of benzene rings is 2. The van der Waals surface area contributed by atoms with Crippen molar-refractivity contribution >= 4 is 60.5 Å². The number of halogens is 2. The summed E-state index contributed by atoms with van der Waals surface area (Å²) in [4.78, 5) is 19.8. The highest BCUT2D eigenvalue weighted by atomic mass is 79.9. The number of carbonyl (C=O) groups is 1. The van der Waals surface area contributed by atoms with Gasteiger partial charge in [0.25, 0.3) is 0 Å². The third kappa shape index (κ3) is 3.96. The second-order valence-electron chi connectivity index (χ2n) is 6.57. The molecule has 0 saturated heterocycles. The Morgan fingerprint density at radius 2 is 1.93 bits per heavy atom. The van der Waals surface area contributed by atoms with Crippen LogP contribution in [-0.2, 0) is 9.53 Å². The van der Waals surface area contributed by atoms with E-state index in [2.05, 4.69) is 54.3 Å². The summed E-state index contributed by atoms with van der Waals surface area (Å²) in [5, 5.41) is 2.95. The van der Waals surface area contributed by atoms with Crippen molar-refractivity contribution < 1.29 is 9.53 Å². The predicted molar refractivity (Wildman–Crippen MR) is 125 cm³/mol. The van der Waals surface area contributed by atoms with Gasteiger partial charge in [-0.1, -0.05) is 67.9 Å². The first-order chi connectivity index (χ1) is 14.0. The first kappa shape index (κ1) is 20.4. The lowest BCUT2D eigenvalue weighted by Crippen LogP contribution is -2.36. The van der Waals surface area contributed by atoms with Crippen molar-refractivity contribution in [2.45, 2.75) is 19.9 Å². The van der Waals surface area contributed by atoms with Crippen molar-refractivity contribution in [3.63, 3.8) is 0 Å². The molecule has 0 amide bonds. The van der Waals surface area contributed by atoms with Crippen LogP contribution in [0, 0.1) is 0 Å². The normalized spacial score (nSPS) is 18.3. The van der Waals surface area contributed by atoms with Gasteiger partial charge in [0.15, 0.2) is 5.17 Å². The van der Waals surface area contributed by atoms with Gasteiger partial charge in [-0.05, 0) is 49.2 Å². The Labute approximate surface area is 191 Å². The fraction of sp³-hybridized carbons (Fsp3) is 0.182. The van der Waals surface area contributed by atoms with E-state index in [0.717, 1.165) is 30.9 Å². The summed E-state index contributed by atoms with van der Waals surface area (Å²) in [6.07, 6.45) is 0. The summed E-state index contributed by atoms with van der Waals surface area (Å²) >= 11 is 8.63. The number of fused-ring (bicyclic) bond motifs is 1. The maximum atomic E-state index is 12.9. The fourth-order valence-electron chi connectivity index (χ4n) is 3.47. The maximum Gasteiger partial charge on any atom is 0.338 e. The van der Waals surface area contributed by atoms with Gasteiger partial charge in [-0.3, -0.25) is 0 Å². The number of aliphatic imine (C=N–C) groups is 1. The molecule has 0 N–H and O–H groups in total. The molecule has 0 fully saturated rings. The van der Waals surface area contributed by atoms with Gasteiger partial charge in [-0.25, -0.2) is 9.79 Å². The van der Waals surface area contributed by atoms with Gasteiger partial charge in [-0.15, -0.1) is 0 Å². The SMILES string of the molecule is CCOC(=O)C1=C(C)N=C2SC=C(c3ccc(Br)cc3)N2[C@H]1c1cccc(Br)c1. The molecule has 0 saturated carbocycles. The molecule has 2 heterocycles. The molecule has 2 aromatic rings. The number of esters is 1. The van der Waals surface area contributed by atoms with E-state index in [9.17, 15) is 4.79 Å². The largest absolute Gasteiger partial charge is 0.463 e. The van der Waals surface area contributed by atoms with Crippen LogP contribution >= 0.6 is 43.6 Å². The Hall–Kier alpha value is -1.83. The lowest BCUT2D eigenvalue weighted by molar-refractivity contribution is -0.139. The number of ether oxygens (including phenoxy) is 1. The number of carbonyl (C=O) groups excluding carboxylic acids is 1. The molecule has 0 unspecified atom stereocenters. The molecular weight excluding hydrogens is 516 g/mol. The number of thioether (sulfide) groups is 1. The van der Waals surface area contributed by atoms with E-state index < -0.39 is 0 Å². The summed E-state index contributed by atoms with van der Waals surface area (Å²) in [5.41, 5.74) is 4.34. The highest BCUT2D eigenvalue weighted by Gasteiger charge is 2.41. The lowest BCUT2D eigenvalue weighted by Gasteiger charge is -2.36. The van der Waals surface area contributed by atoms with Gasteiger partial charge in [-0.2, -0.15) is 0 Å². The van der Waals surface area contributed by atoms with Crippen LogP contribution in [-0.4, -0.2) is 22.6 Å². The molecule has 1 atom stereocenters. The monoisotopic (exact) mass is 532 g/mol. The van der Waals surface area contributed by atoms with Crippen LogP contribution in [0.3, 0.4) is 0 Å². The molecule has 2 aliphatic heterocycles. The molecular formula is C22H18Br2N2O2S. The van der Waals surface area contributed by atoms with Crippen molar-refractivity contribution in [3.8, 4) is 0 Å². The number of hydrogen-bond acceptors (Lipinski definition) is 5. The Kier molecular flexibility index (Phi) is 5.99. The number of rotatable bonds is 4. The second-order valence-corrected chi connectivity index (χ2v) is 9.24. The van der Waals surface area contributed by atoms with Gasteiger partial charge >= 0.3 is 5.97 Å². The second kappa shape index (κ2) is 8.50. The number of nitrogens with zero attached hydrogens (tertiary/aromatic N) is 2. The van der Waals surface area contributed by atoms with Gasteiger partial charge in [0, 0.05) is 14.4 Å². The lowest BCUT2D eigenvalue weighted by atomic mass is 9.93. The average Bonchev–Trinajstić information content (AvgIpc) is 3.11. The van der Waals surface area contributed by atoms with E-state index in [1.807, 2.05) is 50.2 Å². The first-order valence-corrected chi connectivity index (χ1v) is 11.6. The summed E-state index contributed by atoms with van der Waals surface area (Å²) in [6, 6.07) is 15.9. The highest BCUT2D eigenvalue weighted by Crippen LogP contribution is 2.47. The van der Waals surface area contributed by atoms with Crippen molar-refractivity contribution in [2.24, 2.45) is 4.99 Å². The van der Waals surface area contributed by atoms with Gasteiger partial charge in [0.1, 0.15) is 0 Å². The molecule has 0 spiro atoms. The van der Waals surface area contributed by atoms with Crippen LogP contribution in [0.4, 0.5) is 0 Å². The average molecular weight is 534 g/mol. The molecule has 4 nitrogen and oxygen atoms in total. The Morgan fingerprint density at radius 1 is 1.17 bits per heavy atom. The quantitative estimate of drug-likeness (QED) is 0.420. The van der Waals surface area contributed by atoms with Crippen molar-refractivity contribution in [3.05, 3.63) is 85.3 Å². The molecule has 2 aliphatic rings. The zero-order valence-corrected chi connectivity index (χ0v) is 19.8.